The van der Waals surface area contributed by atoms with E-state index in [0.717, 1.165) is 17.5 Å². The molecule has 0 aliphatic carbocycles. The van der Waals surface area contributed by atoms with E-state index in [1.165, 1.54) is 0 Å². The van der Waals surface area contributed by atoms with Gasteiger partial charge < -0.3 is 0 Å². The number of nitrogens with one attached hydrogen (secondary N) is 1. The molecular weight excluding hydrogens is 234 g/mol. The summed E-state index contributed by atoms with van der Waals surface area (Å²) in [5, 5.41) is -0.426. The first-order chi connectivity index (χ1) is 7.00. The molecule has 15 heavy (non-hydrogen) atoms. The van der Waals surface area contributed by atoms with Crippen molar-refractivity contribution >= 4 is 27.3 Å². The van der Waals surface area contributed by atoms with Crippen LogP contribution in [0.4, 0.5) is 5.69 Å². The number of hydrogen-bond acceptors (Lipinski definition) is 2. The molecule has 1 aromatic rings. The van der Waals surface area contributed by atoms with Gasteiger partial charge in [0.25, 0.3) is 0 Å². The monoisotopic (exact) mass is 247 g/mol. The van der Waals surface area contributed by atoms with Crippen LogP contribution in [0.25, 0.3) is 0 Å². The summed E-state index contributed by atoms with van der Waals surface area (Å²) >= 11 is 5.34. The summed E-state index contributed by atoms with van der Waals surface area (Å²) in [6.07, 6.45) is 0.780. The van der Waals surface area contributed by atoms with Gasteiger partial charge in [0.1, 0.15) is 5.21 Å². The number of hydrogen-bond donors (Lipinski definition) is 1. The molecule has 0 atom stereocenters. The van der Waals surface area contributed by atoms with Gasteiger partial charge in [-0.05, 0) is 24.5 Å². The van der Waals surface area contributed by atoms with Gasteiger partial charge in [0.2, 0.25) is 10.0 Å². The molecule has 1 N–H and O–H groups in total. The minimum Gasteiger partial charge on any atom is -0.282 e. The predicted molar refractivity (Wildman–Crippen MR) is 63.8 cm³/mol. The van der Waals surface area contributed by atoms with Crippen molar-refractivity contribution < 1.29 is 8.42 Å². The molecule has 0 heterocycles. The van der Waals surface area contributed by atoms with Gasteiger partial charge in [-0.2, -0.15) is 0 Å². The van der Waals surface area contributed by atoms with Crippen LogP contribution in [0.5, 0.6) is 0 Å². The fraction of sp³-hybridized carbons (Fsp3) is 0.400. The molecule has 0 fully saturated rings. The zero-order chi connectivity index (χ0) is 11.5. The van der Waals surface area contributed by atoms with E-state index in [1.807, 2.05) is 32.0 Å². The first-order valence-corrected chi connectivity index (χ1v) is 6.83. The summed E-state index contributed by atoms with van der Waals surface area (Å²) in [7, 11) is -3.41. The highest BCUT2D eigenvalue weighted by Crippen LogP contribution is 2.22. The summed E-state index contributed by atoms with van der Waals surface area (Å²) in [5.41, 5.74) is 2.53. The van der Waals surface area contributed by atoms with Gasteiger partial charge in [-0.15, -0.1) is 11.6 Å². The number of para-hydroxylation sites is 1. The van der Waals surface area contributed by atoms with Crippen LogP contribution in [0.15, 0.2) is 18.2 Å². The minimum atomic E-state index is -3.41. The fourth-order valence-electron chi connectivity index (χ4n) is 1.35. The second-order valence-electron chi connectivity index (χ2n) is 3.29. The van der Waals surface area contributed by atoms with Crippen molar-refractivity contribution in [2.45, 2.75) is 20.3 Å². The van der Waals surface area contributed by atoms with Crippen LogP contribution in [-0.4, -0.2) is 13.6 Å². The lowest BCUT2D eigenvalue weighted by atomic mass is 10.1. The number of benzene rings is 1. The Morgan fingerprint density at radius 3 is 2.60 bits per heavy atom. The van der Waals surface area contributed by atoms with Gasteiger partial charge in [-0.3, -0.25) is 4.72 Å². The minimum absolute atomic E-state index is 0.426. The Morgan fingerprint density at radius 1 is 1.40 bits per heavy atom. The molecule has 0 aliphatic rings. The number of anilines is 1. The SMILES string of the molecule is CCc1cccc(C)c1NS(=O)(=O)CCl. The molecule has 0 unspecified atom stereocenters. The van der Waals surface area contributed by atoms with Crippen LogP contribution < -0.4 is 4.72 Å². The molecule has 1 rings (SSSR count). The highest BCUT2D eigenvalue weighted by Gasteiger charge is 2.12. The van der Waals surface area contributed by atoms with Crippen LogP contribution >= 0.6 is 11.6 Å². The second kappa shape index (κ2) is 4.86. The first kappa shape index (κ1) is 12.3. The second-order valence-corrected chi connectivity index (χ2v) is 5.59. The van der Waals surface area contributed by atoms with E-state index >= 15 is 0 Å². The van der Waals surface area contributed by atoms with Crippen LogP contribution in [-0.2, 0) is 16.4 Å². The Kier molecular flexibility index (Phi) is 3.99. The largest absolute Gasteiger partial charge is 0.282 e. The molecule has 3 nitrogen and oxygen atoms in total. The summed E-state index contributed by atoms with van der Waals surface area (Å²) in [6, 6.07) is 5.68. The summed E-state index contributed by atoms with van der Waals surface area (Å²) in [4.78, 5) is 0. The molecule has 0 amide bonds. The van der Waals surface area contributed by atoms with Crippen LogP contribution in [0.2, 0.25) is 0 Å². The standard InChI is InChI=1S/C10H14ClNO2S/c1-3-9-6-4-5-8(2)10(9)12-15(13,14)7-11/h4-6,12H,3,7H2,1-2H3. The van der Waals surface area contributed by atoms with Crippen molar-refractivity contribution in [3.8, 4) is 0 Å². The Morgan fingerprint density at radius 2 is 2.07 bits per heavy atom. The Bertz CT molecular complexity index is 443. The molecule has 5 heteroatoms. The van der Waals surface area contributed by atoms with Crippen molar-refractivity contribution in [3.63, 3.8) is 0 Å². The molecule has 1 aromatic carbocycles. The van der Waals surface area contributed by atoms with E-state index in [1.54, 1.807) is 0 Å². The topological polar surface area (TPSA) is 46.2 Å². The molecule has 0 aromatic heterocycles. The molecule has 0 bridgehead atoms. The summed E-state index contributed by atoms with van der Waals surface area (Å²) in [6.45, 7) is 3.85. The van der Waals surface area contributed by atoms with Crippen LogP contribution in [0, 0.1) is 6.92 Å². The van der Waals surface area contributed by atoms with E-state index in [0.29, 0.717) is 5.69 Å². The highest BCUT2D eigenvalue weighted by molar-refractivity contribution is 7.93. The van der Waals surface area contributed by atoms with Crippen molar-refractivity contribution in [2.75, 3.05) is 9.93 Å². The molecule has 84 valence electrons. The number of halogens is 1. The van der Waals surface area contributed by atoms with Crippen molar-refractivity contribution in [1.82, 2.24) is 0 Å². The fourth-order valence-corrected chi connectivity index (χ4v) is 2.17. The molecule has 0 aliphatic heterocycles. The molecular formula is C10H14ClNO2S. The number of alkyl halides is 1. The lowest BCUT2D eigenvalue weighted by Gasteiger charge is -2.12. The number of sulfonamides is 1. The number of aryl methyl sites for hydroxylation is 2. The molecule has 0 radical (unpaired) electrons. The van der Waals surface area contributed by atoms with Gasteiger partial charge in [0, 0.05) is 0 Å². The number of rotatable bonds is 4. The summed E-state index contributed by atoms with van der Waals surface area (Å²) < 4.78 is 25.2. The van der Waals surface area contributed by atoms with E-state index in [4.69, 9.17) is 11.6 Å². The van der Waals surface area contributed by atoms with Crippen molar-refractivity contribution in [1.29, 1.82) is 0 Å². The maximum Gasteiger partial charge on any atom is 0.246 e. The first-order valence-electron chi connectivity index (χ1n) is 4.65. The zero-order valence-electron chi connectivity index (χ0n) is 8.75. The van der Waals surface area contributed by atoms with Crippen molar-refractivity contribution in [3.05, 3.63) is 29.3 Å². The third-order valence-corrected chi connectivity index (χ3v) is 3.81. The van der Waals surface area contributed by atoms with E-state index < -0.39 is 15.2 Å². The van der Waals surface area contributed by atoms with Crippen LogP contribution in [0.1, 0.15) is 18.1 Å². The van der Waals surface area contributed by atoms with Crippen LogP contribution in [0.3, 0.4) is 0 Å². The normalized spacial score (nSPS) is 11.4. The van der Waals surface area contributed by atoms with E-state index in [-0.39, 0.29) is 0 Å². The quantitative estimate of drug-likeness (QED) is 0.831. The predicted octanol–water partition coefficient (Wildman–Crippen LogP) is 2.50. The summed E-state index contributed by atoms with van der Waals surface area (Å²) in [5.74, 6) is 0. The van der Waals surface area contributed by atoms with Gasteiger partial charge in [0.05, 0.1) is 5.69 Å². The average Bonchev–Trinajstić information content (AvgIpc) is 2.21. The molecule has 0 saturated heterocycles. The van der Waals surface area contributed by atoms with Gasteiger partial charge in [0.15, 0.2) is 0 Å². The lowest BCUT2D eigenvalue weighted by Crippen LogP contribution is -2.15. The Hall–Kier alpha value is -0.740. The van der Waals surface area contributed by atoms with Gasteiger partial charge in [-0.25, -0.2) is 8.42 Å². The lowest BCUT2D eigenvalue weighted by molar-refractivity contribution is 0.605. The average molecular weight is 248 g/mol. The smallest absolute Gasteiger partial charge is 0.246 e. The maximum atomic E-state index is 11.3. The van der Waals surface area contributed by atoms with E-state index in [2.05, 4.69) is 4.72 Å². The van der Waals surface area contributed by atoms with Gasteiger partial charge >= 0.3 is 0 Å². The Labute approximate surface area is 95.5 Å². The van der Waals surface area contributed by atoms with Crippen molar-refractivity contribution in [2.24, 2.45) is 0 Å². The van der Waals surface area contributed by atoms with E-state index in [9.17, 15) is 8.42 Å². The van der Waals surface area contributed by atoms with Gasteiger partial charge in [-0.1, -0.05) is 25.1 Å². The Balaban J connectivity index is 3.14. The maximum absolute atomic E-state index is 11.3. The molecule has 0 spiro atoms. The highest BCUT2D eigenvalue weighted by atomic mass is 35.5. The molecule has 0 saturated carbocycles. The third kappa shape index (κ3) is 3.11. The third-order valence-electron chi connectivity index (χ3n) is 2.14. The zero-order valence-corrected chi connectivity index (χ0v) is 10.3.